The minimum absolute atomic E-state index is 0.0646. The van der Waals surface area contributed by atoms with Gasteiger partial charge < -0.3 is 20.0 Å². The fourth-order valence-corrected chi connectivity index (χ4v) is 2.82. The third-order valence-electron chi connectivity index (χ3n) is 4.50. The van der Waals surface area contributed by atoms with E-state index in [-0.39, 0.29) is 18.1 Å². The molecule has 0 bridgehead atoms. The number of aliphatic imine (C=N–C) groups is 1. The van der Waals surface area contributed by atoms with E-state index in [1.807, 2.05) is 4.90 Å². The fraction of sp³-hybridized carbons (Fsp3) is 0.579. The molecule has 1 amide bonds. The first kappa shape index (κ1) is 20.9. The summed E-state index contributed by atoms with van der Waals surface area (Å²) in [5.74, 6) is -0.237. The quantitative estimate of drug-likeness (QED) is 0.465. The van der Waals surface area contributed by atoms with E-state index in [1.54, 1.807) is 14.1 Å². The van der Waals surface area contributed by atoms with Crippen molar-refractivity contribution in [2.24, 2.45) is 4.99 Å². The van der Waals surface area contributed by atoms with Gasteiger partial charge in [-0.15, -0.1) is 0 Å². The summed E-state index contributed by atoms with van der Waals surface area (Å²) in [6.07, 6.45) is 2.07. The summed E-state index contributed by atoms with van der Waals surface area (Å²) >= 11 is 0. The van der Waals surface area contributed by atoms with E-state index in [0.29, 0.717) is 32.1 Å². The molecule has 8 heteroatoms. The van der Waals surface area contributed by atoms with Crippen LogP contribution in [0.25, 0.3) is 0 Å². The molecule has 1 aromatic carbocycles. The van der Waals surface area contributed by atoms with Crippen molar-refractivity contribution >= 4 is 17.6 Å². The first-order valence-electron chi connectivity index (χ1n) is 9.35. The second-order valence-electron chi connectivity index (χ2n) is 6.78. The Balaban J connectivity index is 2.02. The summed E-state index contributed by atoms with van der Waals surface area (Å²) in [5, 5.41) is 3.31. The molecule has 1 aromatic rings. The molecule has 0 aromatic heterocycles. The molecule has 1 fully saturated rings. The number of likely N-dealkylation sites (N-methyl/N-ethyl adjacent to an activating group) is 1. The van der Waals surface area contributed by atoms with E-state index in [1.165, 1.54) is 11.0 Å². The molecular weight excluding hydrogens is 352 g/mol. The van der Waals surface area contributed by atoms with Crippen molar-refractivity contribution in [1.82, 2.24) is 15.1 Å². The number of carbonyl (C=O) groups excluding carboxylic acids is 1. The van der Waals surface area contributed by atoms with Crippen molar-refractivity contribution in [3.63, 3.8) is 0 Å². The SMILES string of the molecule is CCCCNC(=NCC(=O)N(C)C)N1CCN(c2cc(F)ccc2F)CC1. The van der Waals surface area contributed by atoms with Crippen LogP contribution in [0, 0.1) is 11.6 Å². The first-order chi connectivity index (χ1) is 12.9. The number of hydrogen-bond acceptors (Lipinski definition) is 3. The number of hydrogen-bond donors (Lipinski definition) is 1. The molecule has 0 saturated carbocycles. The fourth-order valence-electron chi connectivity index (χ4n) is 2.82. The highest BCUT2D eigenvalue weighted by atomic mass is 19.1. The molecule has 0 radical (unpaired) electrons. The van der Waals surface area contributed by atoms with Gasteiger partial charge in [-0.2, -0.15) is 0 Å². The molecule has 1 aliphatic rings. The van der Waals surface area contributed by atoms with E-state index in [2.05, 4.69) is 22.1 Å². The van der Waals surface area contributed by atoms with E-state index >= 15 is 0 Å². The summed E-state index contributed by atoms with van der Waals surface area (Å²) < 4.78 is 27.5. The lowest BCUT2D eigenvalue weighted by Crippen LogP contribution is -2.53. The predicted molar refractivity (Wildman–Crippen MR) is 104 cm³/mol. The molecule has 1 N–H and O–H groups in total. The van der Waals surface area contributed by atoms with E-state index in [4.69, 9.17) is 0 Å². The van der Waals surface area contributed by atoms with Gasteiger partial charge in [0.25, 0.3) is 0 Å². The second-order valence-corrected chi connectivity index (χ2v) is 6.78. The first-order valence-corrected chi connectivity index (χ1v) is 9.35. The largest absolute Gasteiger partial charge is 0.366 e. The Bertz CT molecular complexity index is 658. The van der Waals surface area contributed by atoms with Crippen molar-refractivity contribution in [2.45, 2.75) is 19.8 Å². The Morgan fingerprint density at radius 3 is 2.56 bits per heavy atom. The molecule has 6 nitrogen and oxygen atoms in total. The number of unbranched alkanes of at least 4 members (excludes halogenated alkanes) is 1. The van der Waals surface area contributed by atoms with Gasteiger partial charge >= 0.3 is 0 Å². The third-order valence-corrected chi connectivity index (χ3v) is 4.50. The van der Waals surface area contributed by atoms with Crippen LogP contribution in [0.5, 0.6) is 0 Å². The summed E-state index contributed by atoms with van der Waals surface area (Å²) in [5.41, 5.74) is 0.287. The molecule has 150 valence electrons. The lowest BCUT2D eigenvalue weighted by atomic mass is 10.2. The normalized spacial score (nSPS) is 15.1. The van der Waals surface area contributed by atoms with Crippen LogP contribution in [0.1, 0.15) is 19.8 Å². The number of nitrogens with one attached hydrogen (secondary N) is 1. The number of piperazine rings is 1. The maximum Gasteiger partial charge on any atom is 0.243 e. The van der Waals surface area contributed by atoms with Crippen molar-refractivity contribution in [3.8, 4) is 0 Å². The molecule has 0 atom stereocenters. The molecule has 0 spiro atoms. The molecule has 1 aliphatic heterocycles. The lowest BCUT2D eigenvalue weighted by Gasteiger charge is -2.38. The van der Waals surface area contributed by atoms with Gasteiger partial charge in [-0.25, -0.2) is 13.8 Å². The zero-order valence-electron chi connectivity index (χ0n) is 16.3. The Morgan fingerprint density at radius 1 is 1.22 bits per heavy atom. The van der Waals surface area contributed by atoms with E-state index in [0.717, 1.165) is 31.5 Å². The van der Waals surface area contributed by atoms with Gasteiger partial charge in [-0.3, -0.25) is 4.79 Å². The number of guanidine groups is 1. The number of amides is 1. The van der Waals surface area contributed by atoms with Crippen LogP contribution in [0.15, 0.2) is 23.2 Å². The Morgan fingerprint density at radius 2 is 1.93 bits per heavy atom. The smallest absolute Gasteiger partial charge is 0.243 e. The molecule has 0 aliphatic carbocycles. The van der Waals surface area contributed by atoms with Gasteiger partial charge in [-0.1, -0.05) is 13.3 Å². The van der Waals surface area contributed by atoms with E-state index in [9.17, 15) is 13.6 Å². The molecule has 2 rings (SSSR count). The molecule has 1 heterocycles. The number of nitrogens with zero attached hydrogens (tertiary/aromatic N) is 4. The van der Waals surface area contributed by atoms with Crippen molar-refractivity contribution < 1.29 is 13.6 Å². The number of anilines is 1. The summed E-state index contributed by atoms with van der Waals surface area (Å²) in [6, 6.07) is 3.51. The van der Waals surface area contributed by atoms with Crippen LogP contribution in [-0.4, -0.2) is 75.0 Å². The maximum atomic E-state index is 14.0. The molecule has 27 heavy (non-hydrogen) atoms. The highest BCUT2D eigenvalue weighted by molar-refractivity contribution is 5.85. The van der Waals surface area contributed by atoms with E-state index < -0.39 is 11.6 Å². The van der Waals surface area contributed by atoms with Gasteiger partial charge in [0.05, 0.1) is 5.69 Å². The van der Waals surface area contributed by atoms with Crippen LogP contribution in [0.3, 0.4) is 0 Å². The average molecular weight is 381 g/mol. The van der Waals surface area contributed by atoms with Crippen molar-refractivity contribution in [2.75, 3.05) is 58.3 Å². The molecular formula is C19H29F2N5O. The number of carbonyl (C=O) groups is 1. The Hall–Kier alpha value is -2.38. The summed E-state index contributed by atoms with van der Waals surface area (Å²) in [7, 11) is 3.41. The average Bonchev–Trinajstić information content (AvgIpc) is 2.66. The third kappa shape index (κ3) is 6.08. The zero-order chi connectivity index (χ0) is 19.8. The van der Waals surface area contributed by atoms with Gasteiger partial charge in [0.2, 0.25) is 5.91 Å². The predicted octanol–water partition coefficient (Wildman–Crippen LogP) is 1.92. The monoisotopic (exact) mass is 381 g/mol. The van der Waals surface area contributed by atoms with Gasteiger partial charge in [-0.05, 0) is 18.6 Å². The molecule has 1 saturated heterocycles. The van der Waals surface area contributed by atoms with Crippen molar-refractivity contribution in [1.29, 1.82) is 0 Å². The topological polar surface area (TPSA) is 51.2 Å². The number of halogens is 2. The van der Waals surface area contributed by atoms with Gasteiger partial charge in [0.15, 0.2) is 5.96 Å². The number of rotatable bonds is 6. The molecule has 0 unspecified atom stereocenters. The zero-order valence-corrected chi connectivity index (χ0v) is 16.3. The Labute approximate surface area is 159 Å². The Kier molecular flexibility index (Phi) is 7.82. The summed E-state index contributed by atoms with van der Waals surface area (Å²) in [4.78, 5) is 21.7. The maximum absolute atomic E-state index is 14.0. The summed E-state index contributed by atoms with van der Waals surface area (Å²) in [6.45, 7) is 5.31. The van der Waals surface area contributed by atoms with Gasteiger partial charge in [0.1, 0.15) is 18.2 Å². The minimum Gasteiger partial charge on any atom is -0.366 e. The standard InChI is InChI=1S/C19H29F2N5O/c1-4-5-8-22-19(23-14-18(27)24(2)3)26-11-9-25(10-12-26)17-13-15(20)6-7-16(17)21/h6-7,13H,4-5,8-12,14H2,1-3H3,(H,22,23). The van der Waals surface area contributed by atoms with Gasteiger partial charge in [0, 0.05) is 52.9 Å². The second kappa shape index (κ2) is 10.1. The minimum atomic E-state index is -0.445. The number of benzene rings is 1. The van der Waals surface area contributed by atoms with Crippen molar-refractivity contribution in [3.05, 3.63) is 29.8 Å². The highest BCUT2D eigenvalue weighted by Gasteiger charge is 2.22. The van der Waals surface area contributed by atoms with Crippen LogP contribution >= 0.6 is 0 Å². The van der Waals surface area contributed by atoms with Crippen LogP contribution in [0.4, 0.5) is 14.5 Å². The highest BCUT2D eigenvalue weighted by Crippen LogP contribution is 2.21. The van der Waals surface area contributed by atoms with Crippen LogP contribution in [-0.2, 0) is 4.79 Å². The van der Waals surface area contributed by atoms with Crippen LogP contribution in [0.2, 0.25) is 0 Å². The lowest BCUT2D eigenvalue weighted by molar-refractivity contribution is -0.127. The van der Waals surface area contributed by atoms with Crippen LogP contribution < -0.4 is 10.2 Å².